The largest absolute Gasteiger partial charge is 0.416 e. The summed E-state index contributed by atoms with van der Waals surface area (Å²) in [4.78, 5) is 18.9. The summed E-state index contributed by atoms with van der Waals surface area (Å²) in [6, 6.07) is 29.5. The van der Waals surface area contributed by atoms with E-state index >= 15 is 0 Å². The maximum absolute atomic E-state index is 14.3. The van der Waals surface area contributed by atoms with Crippen LogP contribution in [0.4, 0.5) is 13.2 Å². The van der Waals surface area contributed by atoms with Crippen LogP contribution >= 0.6 is 0 Å². The third-order valence-corrected chi connectivity index (χ3v) is 6.79. The Hall–Kier alpha value is -4.71. The average molecular weight is 507 g/mol. The first-order chi connectivity index (χ1) is 18.3. The molecular weight excluding hydrogens is 485 g/mol. The predicted octanol–water partition coefficient (Wildman–Crippen LogP) is 8.20. The third-order valence-electron chi connectivity index (χ3n) is 6.79. The van der Waals surface area contributed by atoms with Crippen molar-refractivity contribution < 1.29 is 13.2 Å². The molecule has 0 bridgehead atoms. The van der Waals surface area contributed by atoms with Crippen molar-refractivity contribution in [2.75, 3.05) is 0 Å². The van der Waals surface area contributed by atoms with E-state index in [0.29, 0.717) is 33.6 Å². The van der Waals surface area contributed by atoms with Crippen LogP contribution in [0, 0.1) is 6.92 Å². The summed E-state index contributed by atoms with van der Waals surface area (Å²) in [6.07, 6.45) is -2.88. The SMILES string of the molecule is Cc1ccc2cccnc2c1-n1c(-c2ccccc2)c(-c2ccccc2)c2cc(C(F)(F)F)ccc2c1=O. The smallest absolute Gasteiger partial charge is 0.273 e. The molecule has 6 aromatic rings. The Morgan fingerprint density at radius 3 is 2.11 bits per heavy atom. The average Bonchev–Trinajstić information content (AvgIpc) is 2.93. The van der Waals surface area contributed by atoms with Crippen molar-refractivity contribution in [2.24, 2.45) is 0 Å². The van der Waals surface area contributed by atoms with E-state index in [9.17, 15) is 18.0 Å². The Morgan fingerprint density at radius 1 is 0.737 bits per heavy atom. The number of rotatable bonds is 3. The molecule has 0 amide bonds. The molecule has 2 aromatic heterocycles. The highest BCUT2D eigenvalue weighted by Gasteiger charge is 2.32. The van der Waals surface area contributed by atoms with E-state index in [1.807, 2.05) is 91.9 Å². The van der Waals surface area contributed by atoms with Crippen molar-refractivity contribution in [1.29, 1.82) is 0 Å². The van der Waals surface area contributed by atoms with E-state index in [1.54, 1.807) is 10.8 Å². The van der Waals surface area contributed by atoms with Gasteiger partial charge in [-0.2, -0.15) is 13.2 Å². The van der Waals surface area contributed by atoms with Gasteiger partial charge in [-0.3, -0.25) is 14.3 Å². The first-order valence-electron chi connectivity index (χ1n) is 12.1. The number of aromatic nitrogens is 2. The summed E-state index contributed by atoms with van der Waals surface area (Å²) in [5.41, 5.74) is 3.31. The van der Waals surface area contributed by atoms with Crippen LogP contribution in [0.3, 0.4) is 0 Å². The van der Waals surface area contributed by atoms with Crippen molar-refractivity contribution in [3.05, 3.63) is 131 Å². The molecule has 0 spiro atoms. The second kappa shape index (κ2) is 8.99. The molecule has 3 nitrogen and oxygen atoms in total. The van der Waals surface area contributed by atoms with E-state index in [-0.39, 0.29) is 10.8 Å². The third kappa shape index (κ3) is 3.86. The fourth-order valence-corrected chi connectivity index (χ4v) is 5.07. The molecule has 0 aliphatic heterocycles. The molecule has 0 radical (unpaired) electrons. The number of aryl methyl sites for hydroxylation is 1. The zero-order valence-corrected chi connectivity index (χ0v) is 20.3. The Kier molecular flexibility index (Phi) is 5.60. The van der Waals surface area contributed by atoms with E-state index in [0.717, 1.165) is 23.1 Å². The molecular formula is C32H21F3N2O. The fraction of sp³-hybridized carbons (Fsp3) is 0.0625. The Balaban J connectivity index is 1.90. The normalized spacial score (nSPS) is 11.8. The van der Waals surface area contributed by atoms with Gasteiger partial charge in [0.15, 0.2) is 0 Å². The molecule has 0 atom stereocenters. The van der Waals surface area contributed by atoms with E-state index in [1.165, 1.54) is 6.07 Å². The minimum absolute atomic E-state index is 0.198. The van der Waals surface area contributed by atoms with Crippen LogP contribution in [0.2, 0.25) is 0 Å². The molecule has 0 N–H and O–H groups in total. The van der Waals surface area contributed by atoms with Crippen molar-refractivity contribution in [2.45, 2.75) is 13.1 Å². The monoisotopic (exact) mass is 506 g/mol. The Labute approximate surface area is 216 Å². The lowest BCUT2D eigenvalue weighted by molar-refractivity contribution is -0.137. The summed E-state index contributed by atoms with van der Waals surface area (Å²) < 4.78 is 43.2. The van der Waals surface area contributed by atoms with Gasteiger partial charge in [-0.1, -0.05) is 78.9 Å². The van der Waals surface area contributed by atoms with Gasteiger partial charge in [-0.25, -0.2) is 0 Å². The van der Waals surface area contributed by atoms with Gasteiger partial charge in [-0.15, -0.1) is 0 Å². The van der Waals surface area contributed by atoms with E-state index < -0.39 is 17.3 Å². The van der Waals surface area contributed by atoms with Crippen LogP contribution in [0.1, 0.15) is 11.1 Å². The molecule has 4 aromatic carbocycles. The van der Waals surface area contributed by atoms with Gasteiger partial charge in [0.2, 0.25) is 0 Å². The molecule has 186 valence electrons. The molecule has 0 aliphatic rings. The molecule has 38 heavy (non-hydrogen) atoms. The summed E-state index contributed by atoms with van der Waals surface area (Å²) in [5, 5.41) is 1.30. The second-order valence-electron chi connectivity index (χ2n) is 9.16. The fourth-order valence-electron chi connectivity index (χ4n) is 5.07. The molecule has 0 fully saturated rings. The maximum atomic E-state index is 14.3. The first-order valence-corrected chi connectivity index (χ1v) is 12.1. The summed E-state index contributed by atoms with van der Waals surface area (Å²) >= 11 is 0. The maximum Gasteiger partial charge on any atom is 0.416 e. The van der Waals surface area contributed by atoms with E-state index in [4.69, 9.17) is 0 Å². The van der Waals surface area contributed by atoms with Crippen molar-refractivity contribution in [1.82, 2.24) is 9.55 Å². The Morgan fingerprint density at radius 2 is 1.42 bits per heavy atom. The lowest BCUT2D eigenvalue weighted by Crippen LogP contribution is -2.23. The number of halogens is 3. The lowest BCUT2D eigenvalue weighted by Gasteiger charge is -2.23. The highest BCUT2D eigenvalue weighted by molar-refractivity contribution is 6.04. The zero-order valence-electron chi connectivity index (χ0n) is 20.3. The molecule has 6 rings (SSSR count). The van der Waals surface area contributed by atoms with Gasteiger partial charge in [0.25, 0.3) is 5.56 Å². The van der Waals surface area contributed by atoms with Crippen molar-refractivity contribution >= 4 is 21.7 Å². The number of pyridine rings is 2. The van der Waals surface area contributed by atoms with Crippen molar-refractivity contribution in [3.8, 4) is 28.1 Å². The van der Waals surface area contributed by atoms with Gasteiger partial charge >= 0.3 is 6.18 Å². The van der Waals surface area contributed by atoms with Crippen LogP contribution in [0.5, 0.6) is 0 Å². The van der Waals surface area contributed by atoms with Gasteiger partial charge in [0.1, 0.15) is 0 Å². The zero-order chi connectivity index (χ0) is 26.4. The highest BCUT2D eigenvalue weighted by Crippen LogP contribution is 2.41. The quantitative estimate of drug-likeness (QED) is 0.242. The molecule has 2 heterocycles. The van der Waals surface area contributed by atoms with Crippen LogP contribution < -0.4 is 5.56 Å². The second-order valence-corrected chi connectivity index (χ2v) is 9.16. The number of hydrogen-bond donors (Lipinski definition) is 0. The number of alkyl halides is 3. The summed E-state index contributed by atoms with van der Waals surface area (Å²) in [7, 11) is 0. The molecule has 6 heteroatoms. The number of hydrogen-bond acceptors (Lipinski definition) is 2. The number of fused-ring (bicyclic) bond motifs is 2. The van der Waals surface area contributed by atoms with Gasteiger partial charge < -0.3 is 0 Å². The first kappa shape index (κ1) is 23.7. The molecule has 0 saturated heterocycles. The van der Waals surface area contributed by atoms with E-state index in [2.05, 4.69) is 4.98 Å². The Bertz CT molecular complexity index is 1880. The minimum atomic E-state index is -4.56. The van der Waals surface area contributed by atoms with Gasteiger partial charge in [0, 0.05) is 22.5 Å². The topological polar surface area (TPSA) is 34.9 Å². The van der Waals surface area contributed by atoms with Crippen molar-refractivity contribution in [3.63, 3.8) is 0 Å². The van der Waals surface area contributed by atoms with Crippen LogP contribution in [-0.4, -0.2) is 9.55 Å². The number of benzene rings is 4. The van der Waals surface area contributed by atoms with Crippen LogP contribution in [0.25, 0.3) is 49.7 Å². The van der Waals surface area contributed by atoms with Crippen LogP contribution in [0.15, 0.2) is 114 Å². The summed E-state index contributed by atoms with van der Waals surface area (Å²) in [6.45, 7) is 1.91. The van der Waals surface area contributed by atoms with Crippen LogP contribution in [-0.2, 0) is 6.18 Å². The lowest BCUT2D eigenvalue weighted by atomic mass is 9.92. The molecule has 0 saturated carbocycles. The van der Waals surface area contributed by atoms with Gasteiger partial charge in [0.05, 0.1) is 22.5 Å². The predicted molar refractivity (Wildman–Crippen MR) is 145 cm³/mol. The minimum Gasteiger partial charge on any atom is -0.273 e. The van der Waals surface area contributed by atoms with Gasteiger partial charge in [-0.05, 0) is 53.3 Å². The molecule has 0 unspecified atom stereocenters. The standard InChI is InChI=1S/C32H21F3N2O/c1-20-14-15-22-13-8-18-36-28(22)29(20)37-30(23-11-6-3-7-12-23)27(21-9-4-2-5-10-21)26-19-24(32(33,34)35)16-17-25(26)31(37)38/h2-19H,1H3. The summed E-state index contributed by atoms with van der Waals surface area (Å²) in [5.74, 6) is 0. The molecule has 0 aliphatic carbocycles. The highest BCUT2D eigenvalue weighted by atomic mass is 19.4. The number of nitrogens with zero attached hydrogens (tertiary/aromatic N) is 2.